The van der Waals surface area contributed by atoms with E-state index < -0.39 is 0 Å². The summed E-state index contributed by atoms with van der Waals surface area (Å²) in [7, 11) is 0. The smallest absolute Gasteiger partial charge is 0.293 e. The van der Waals surface area contributed by atoms with Gasteiger partial charge in [-0.1, -0.05) is 6.07 Å². The average Bonchev–Trinajstić information content (AvgIpc) is 2.18. The van der Waals surface area contributed by atoms with Gasteiger partial charge in [-0.05, 0) is 42.5 Å². The predicted molar refractivity (Wildman–Crippen MR) is 53.7 cm³/mol. The Morgan fingerprint density at radius 1 is 1.50 bits per heavy atom. The molecule has 1 aromatic carbocycles. The van der Waals surface area contributed by atoms with Crippen molar-refractivity contribution in [1.82, 2.24) is 0 Å². The van der Waals surface area contributed by atoms with Gasteiger partial charge in [0.15, 0.2) is 0 Å². The summed E-state index contributed by atoms with van der Waals surface area (Å²) in [6.07, 6.45) is 2.92. The standard InChI is InChI=1S/C11H13NO2/c12-9-4-5-10-8(6-9)2-1-3-11(10)14-7-13/h4-7,11H,1-3,12H2. The molecule has 0 aromatic heterocycles. The van der Waals surface area contributed by atoms with Gasteiger partial charge in [-0.25, -0.2) is 0 Å². The maximum Gasteiger partial charge on any atom is 0.293 e. The summed E-state index contributed by atoms with van der Waals surface area (Å²) < 4.78 is 5.03. The second-order valence-corrected chi connectivity index (χ2v) is 3.57. The van der Waals surface area contributed by atoms with Gasteiger partial charge in [-0.2, -0.15) is 0 Å². The lowest BCUT2D eigenvalue weighted by molar-refractivity contribution is -0.134. The molecule has 0 spiro atoms. The fraction of sp³-hybridized carbons (Fsp3) is 0.364. The summed E-state index contributed by atoms with van der Waals surface area (Å²) in [5.74, 6) is 0. The lowest BCUT2D eigenvalue weighted by atomic mass is 9.89. The van der Waals surface area contributed by atoms with Gasteiger partial charge in [0, 0.05) is 5.69 Å². The minimum atomic E-state index is -0.0724. The fourth-order valence-electron chi connectivity index (χ4n) is 2.00. The molecule has 3 nitrogen and oxygen atoms in total. The average molecular weight is 191 g/mol. The van der Waals surface area contributed by atoms with E-state index in [0.29, 0.717) is 6.47 Å². The third-order valence-corrected chi connectivity index (χ3v) is 2.65. The molecule has 0 amide bonds. The molecule has 74 valence electrons. The number of hydrogen-bond donors (Lipinski definition) is 1. The van der Waals surface area contributed by atoms with E-state index in [0.717, 1.165) is 30.5 Å². The predicted octanol–water partition coefficient (Wildman–Crippen LogP) is 1.82. The van der Waals surface area contributed by atoms with Crippen LogP contribution in [0, 0.1) is 0 Å². The molecule has 14 heavy (non-hydrogen) atoms. The monoisotopic (exact) mass is 191 g/mol. The summed E-state index contributed by atoms with van der Waals surface area (Å²) in [5, 5.41) is 0. The number of nitrogen functional groups attached to an aromatic ring is 1. The number of nitrogens with two attached hydrogens (primary N) is 1. The van der Waals surface area contributed by atoms with E-state index in [4.69, 9.17) is 10.5 Å². The SMILES string of the molecule is Nc1ccc2c(c1)CCCC2OC=O. The zero-order valence-corrected chi connectivity index (χ0v) is 7.90. The number of fused-ring (bicyclic) bond motifs is 1. The first kappa shape index (κ1) is 9.06. The van der Waals surface area contributed by atoms with Crippen molar-refractivity contribution in [2.75, 3.05) is 5.73 Å². The maximum atomic E-state index is 10.3. The van der Waals surface area contributed by atoms with E-state index in [9.17, 15) is 4.79 Å². The topological polar surface area (TPSA) is 52.3 Å². The van der Waals surface area contributed by atoms with Crippen LogP contribution in [0.1, 0.15) is 30.1 Å². The molecule has 1 aromatic rings. The number of rotatable bonds is 2. The van der Waals surface area contributed by atoms with Crippen LogP contribution in [0.3, 0.4) is 0 Å². The van der Waals surface area contributed by atoms with Gasteiger partial charge in [0.1, 0.15) is 6.10 Å². The highest BCUT2D eigenvalue weighted by atomic mass is 16.5. The summed E-state index contributed by atoms with van der Waals surface area (Å²) in [6.45, 7) is 0.524. The van der Waals surface area contributed by atoms with Crippen molar-refractivity contribution in [3.05, 3.63) is 29.3 Å². The Hall–Kier alpha value is -1.51. The molecule has 2 N–H and O–H groups in total. The molecule has 1 aliphatic carbocycles. The molecule has 1 atom stereocenters. The van der Waals surface area contributed by atoms with Crippen LogP contribution in [0.15, 0.2) is 18.2 Å². The van der Waals surface area contributed by atoms with Crippen molar-refractivity contribution in [2.45, 2.75) is 25.4 Å². The second kappa shape index (κ2) is 3.70. The van der Waals surface area contributed by atoms with Gasteiger partial charge < -0.3 is 10.5 Å². The minimum Gasteiger partial charge on any atom is -0.460 e. The van der Waals surface area contributed by atoms with Gasteiger partial charge in [0.2, 0.25) is 0 Å². The molecule has 0 fully saturated rings. The number of ether oxygens (including phenoxy) is 1. The number of aryl methyl sites for hydroxylation is 1. The van der Waals surface area contributed by atoms with E-state index in [1.807, 2.05) is 18.2 Å². The van der Waals surface area contributed by atoms with Gasteiger partial charge in [0.05, 0.1) is 0 Å². The third kappa shape index (κ3) is 1.58. The molecule has 0 saturated carbocycles. The summed E-state index contributed by atoms with van der Waals surface area (Å²) >= 11 is 0. The molecule has 0 heterocycles. The highest BCUT2D eigenvalue weighted by Gasteiger charge is 2.20. The van der Waals surface area contributed by atoms with Crippen molar-refractivity contribution in [3.8, 4) is 0 Å². The minimum absolute atomic E-state index is 0.0724. The number of carbonyl (C=O) groups excluding carboxylic acids is 1. The Bertz CT molecular complexity index is 349. The highest BCUT2D eigenvalue weighted by molar-refractivity contribution is 5.47. The zero-order chi connectivity index (χ0) is 9.97. The van der Waals surface area contributed by atoms with Crippen LogP contribution in [0.5, 0.6) is 0 Å². The van der Waals surface area contributed by atoms with Crippen molar-refractivity contribution < 1.29 is 9.53 Å². The Balaban J connectivity index is 2.34. The molecule has 0 aliphatic heterocycles. The Kier molecular flexibility index (Phi) is 2.39. The van der Waals surface area contributed by atoms with E-state index in [2.05, 4.69) is 0 Å². The van der Waals surface area contributed by atoms with E-state index in [-0.39, 0.29) is 6.10 Å². The second-order valence-electron chi connectivity index (χ2n) is 3.57. The van der Waals surface area contributed by atoms with Crippen LogP contribution >= 0.6 is 0 Å². The van der Waals surface area contributed by atoms with E-state index in [1.165, 1.54) is 5.56 Å². The number of anilines is 1. The molecule has 3 heteroatoms. The van der Waals surface area contributed by atoms with Crippen molar-refractivity contribution in [3.63, 3.8) is 0 Å². The number of carbonyl (C=O) groups is 1. The quantitative estimate of drug-likeness (QED) is 0.573. The summed E-state index contributed by atoms with van der Waals surface area (Å²) in [5.41, 5.74) is 8.78. The van der Waals surface area contributed by atoms with Crippen LogP contribution in [0.2, 0.25) is 0 Å². The largest absolute Gasteiger partial charge is 0.460 e. The molecule has 0 saturated heterocycles. The van der Waals surface area contributed by atoms with Gasteiger partial charge >= 0.3 is 0 Å². The highest BCUT2D eigenvalue weighted by Crippen LogP contribution is 2.32. The first-order valence-electron chi connectivity index (χ1n) is 4.78. The van der Waals surface area contributed by atoms with Crippen molar-refractivity contribution in [1.29, 1.82) is 0 Å². The first-order valence-corrected chi connectivity index (χ1v) is 4.78. The first-order chi connectivity index (χ1) is 6.81. The van der Waals surface area contributed by atoms with Gasteiger partial charge in [-0.3, -0.25) is 4.79 Å². The zero-order valence-electron chi connectivity index (χ0n) is 7.90. The maximum absolute atomic E-state index is 10.3. The van der Waals surface area contributed by atoms with E-state index in [1.54, 1.807) is 0 Å². The summed E-state index contributed by atoms with van der Waals surface area (Å²) in [6, 6.07) is 5.78. The lowest BCUT2D eigenvalue weighted by Crippen LogP contribution is -2.12. The summed E-state index contributed by atoms with van der Waals surface area (Å²) in [4.78, 5) is 10.3. The van der Waals surface area contributed by atoms with Crippen molar-refractivity contribution >= 4 is 12.2 Å². The Morgan fingerprint density at radius 2 is 2.36 bits per heavy atom. The van der Waals surface area contributed by atoms with E-state index >= 15 is 0 Å². The van der Waals surface area contributed by atoms with Crippen molar-refractivity contribution in [2.24, 2.45) is 0 Å². The van der Waals surface area contributed by atoms with Gasteiger partial charge in [-0.15, -0.1) is 0 Å². The van der Waals surface area contributed by atoms with Gasteiger partial charge in [0.25, 0.3) is 6.47 Å². The molecular formula is C11H13NO2. The third-order valence-electron chi connectivity index (χ3n) is 2.65. The molecule has 2 rings (SSSR count). The number of hydrogen-bond acceptors (Lipinski definition) is 3. The van der Waals surface area contributed by atoms with Crippen LogP contribution in [-0.4, -0.2) is 6.47 Å². The fourth-order valence-corrected chi connectivity index (χ4v) is 2.00. The molecule has 1 aliphatic rings. The Labute approximate surface area is 82.9 Å². The molecule has 0 bridgehead atoms. The molecule has 0 radical (unpaired) electrons. The van der Waals surface area contributed by atoms with Crippen LogP contribution in [0.4, 0.5) is 5.69 Å². The van der Waals surface area contributed by atoms with Crippen LogP contribution in [0.25, 0.3) is 0 Å². The number of benzene rings is 1. The normalized spacial score (nSPS) is 19.9. The lowest BCUT2D eigenvalue weighted by Gasteiger charge is -2.23. The molecule has 1 unspecified atom stereocenters. The molecular weight excluding hydrogens is 178 g/mol. The van der Waals surface area contributed by atoms with Crippen LogP contribution in [-0.2, 0) is 16.0 Å². The van der Waals surface area contributed by atoms with Crippen LogP contribution < -0.4 is 5.73 Å². The Morgan fingerprint density at radius 3 is 3.14 bits per heavy atom.